The van der Waals surface area contributed by atoms with E-state index in [0.29, 0.717) is 19.3 Å². The summed E-state index contributed by atoms with van der Waals surface area (Å²) in [5.74, 6) is -0.877. The molecule has 0 spiro atoms. The summed E-state index contributed by atoms with van der Waals surface area (Å²) in [4.78, 5) is 38.3. The molecule has 424 valence electrons. The van der Waals surface area contributed by atoms with Crippen LogP contribution in [-0.2, 0) is 28.6 Å². The zero-order valence-corrected chi connectivity index (χ0v) is 48.7. The molecule has 0 N–H and O–H groups in total. The maximum absolute atomic E-state index is 12.9. The average molecular weight is 1020 g/mol. The standard InChI is InChI=1S/C67H120O6/c1-4-7-10-13-16-19-22-25-27-29-31-33-35-36-38-40-42-45-48-51-54-57-60-66(69)72-63-64(62-71-65(68)59-56-53-50-47-44-24-21-18-15-12-9-6-3)73-67(70)61-58-55-52-49-46-43-41-39-37-34-32-30-28-26-23-20-17-14-11-8-5-2/h8,11,17-18,20-21,26,28,32,34,64H,4-7,9-10,12-16,19,22-25,27,29-31,33,35-63H2,1-3H3/b11-8-,20-17-,21-18-,28-26-,34-32-. The predicted octanol–water partition coefficient (Wildman–Crippen LogP) is 21.6. The largest absolute Gasteiger partial charge is 0.462 e. The van der Waals surface area contributed by atoms with Crippen molar-refractivity contribution in [2.24, 2.45) is 0 Å². The predicted molar refractivity (Wildman–Crippen MR) is 316 cm³/mol. The molecule has 0 fully saturated rings. The van der Waals surface area contributed by atoms with Crippen molar-refractivity contribution in [3.63, 3.8) is 0 Å². The first-order valence-electron chi connectivity index (χ1n) is 31.8. The highest BCUT2D eigenvalue weighted by Crippen LogP contribution is 2.17. The van der Waals surface area contributed by atoms with E-state index in [9.17, 15) is 14.4 Å². The van der Waals surface area contributed by atoms with Gasteiger partial charge in [0.15, 0.2) is 6.10 Å². The van der Waals surface area contributed by atoms with Crippen molar-refractivity contribution < 1.29 is 28.6 Å². The zero-order chi connectivity index (χ0) is 52.9. The zero-order valence-electron chi connectivity index (χ0n) is 48.7. The molecule has 0 rings (SSSR count). The van der Waals surface area contributed by atoms with Crippen molar-refractivity contribution in [2.75, 3.05) is 13.2 Å². The third-order valence-electron chi connectivity index (χ3n) is 14.0. The van der Waals surface area contributed by atoms with E-state index in [-0.39, 0.29) is 31.1 Å². The molecule has 1 atom stereocenters. The van der Waals surface area contributed by atoms with Gasteiger partial charge in [-0.15, -0.1) is 0 Å². The van der Waals surface area contributed by atoms with Crippen molar-refractivity contribution in [2.45, 2.75) is 335 Å². The van der Waals surface area contributed by atoms with Gasteiger partial charge in [-0.2, -0.15) is 0 Å². The lowest BCUT2D eigenvalue weighted by molar-refractivity contribution is -0.167. The first-order valence-corrected chi connectivity index (χ1v) is 31.8. The molecule has 0 amide bonds. The molecule has 0 aromatic rings. The van der Waals surface area contributed by atoms with Crippen molar-refractivity contribution in [3.05, 3.63) is 60.8 Å². The highest BCUT2D eigenvalue weighted by Gasteiger charge is 2.19. The number of esters is 3. The van der Waals surface area contributed by atoms with Crippen LogP contribution in [0.4, 0.5) is 0 Å². The second-order valence-electron chi connectivity index (χ2n) is 21.3. The van der Waals surface area contributed by atoms with E-state index in [2.05, 4.69) is 81.5 Å². The Hall–Kier alpha value is -2.89. The van der Waals surface area contributed by atoms with E-state index in [1.807, 2.05) is 0 Å². The Labute approximate surface area is 453 Å². The van der Waals surface area contributed by atoms with E-state index >= 15 is 0 Å². The summed E-state index contributed by atoms with van der Waals surface area (Å²) < 4.78 is 16.9. The smallest absolute Gasteiger partial charge is 0.306 e. The minimum Gasteiger partial charge on any atom is -0.462 e. The molecule has 0 heterocycles. The van der Waals surface area contributed by atoms with Gasteiger partial charge < -0.3 is 14.2 Å². The van der Waals surface area contributed by atoms with Crippen LogP contribution in [0.25, 0.3) is 0 Å². The Morgan fingerprint density at radius 3 is 0.877 bits per heavy atom. The molecule has 0 saturated carbocycles. The van der Waals surface area contributed by atoms with Crippen LogP contribution < -0.4 is 0 Å². The summed E-state index contributed by atoms with van der Waals surface area (Å²) in [5, 5.41) is 0. The normalized spacial score (nSPS) is 12.4. The molecular weight excluding hydrogens is 901 g/mol. The lowest BCUT2D eigenvalue weighted by atomic mass is 10.0. The number of carbonyl (C=O) groups excluding carboxylic acids is 3. The molecule has 0 aliphatic carbocycles. The van der Waals surface area contributed by atoms with Gasteiger partial charge in [-0.25, -0.2) is 0 Å². The van der Waals surface area contributed by atoms with Gasteiger partial charge in [0.2, 0.25) is 0 Å². The lowest BCUT2D eigenvalue weighted by Gasteiger charge is -2.18. The number of unbranched alkanes of at least 4 members (excludes halogenated alkanes) is 37. The summed E-state index contributed by atoms with van der Waals surface area (Å²) in [6, 6.07) is 0. The number of hydrogen-bond donors (Lipinski definition) is 0. The van der Waals surface area contributed by atoms with Gasteiger partial charge in [0.1, 0.15) is 13.2 Å². The van der Waals surface area contributed by atoms with Gasteiger partial charge in [0.05, 0.1) is 0 Å². The van der Waals surface area contributed by atoms with Crippen LogP contribution in [0.1, 0.15) is 329 Å². The van der Waals surface area contributed by atoms with Gasteiger partial charge in [-0.3, -0.25) is 14.4 Å². The Balaban J connectivity index is 4.29. The average Bonchev–Trinajstić information content (AvgIpc) is 3.39. The van der Waals surface area contributed by atoms with Gasteiger partial charge in [-0.1, -0.05) is 287 Å². The molecule has 0 saturated heterocycles. The molecule has 6 heteroatoms. The number of carbonyl (C=O) groups is 3. The molecule has 6 nitrogen and oxygen atoms in total. The fourth-order valence-corrected chi connectivity index (χ4v) is 9.25. The summed E-state index contributed by atoms with van der Waals surface area (Å²) in [6.45, 7) is 6.54. The Kier molecular flexibility index (Phi) is 59.2. The molecule has 0 aromatic heterocycles. The minimum absolute atomic E-state index is 0.0769. The molecular formula is C67H120O6. The third-order valence-corrected chi connectivity index (χ3v) is 14.0. The quantitative estimate of drug-likeness (QED) is 0.0261. The Morgan fingerprint density at radius 1 is 0.288 bits per heavy atom. The number of ether oxygens (including phenoxy) is 3. The highest BCUT2D eigenvalue weighted by atomic mass is 16.6. The second kappa shape index (κ2) is 61.7. The van der Waals surface area contributed by atoms with Crippen LogP contribution in [0.3, 0.4) is 0 Å². The lowest BCUT2D eigenvalue weighted by Crippen LogP contribution is -2.30. The molecule has 0 aromatic carbocycles. The fraction of sp³-hybridized carbons (Fsp3) is 0.806. The van der Waals surface area contributed by atoms with Crippen LogP contribution in [0.5, 0.6) is 0 Å². The molecule has 0 aliphatic rings. The number of rotatable bonds is 58. The van der Waals surface area contributed by atoms with Crippen LogP contribution in [0.2, 0.25) is 0 Å². The van der Waals surface area contributed by atoms with Crippen LogP contribution >= 0.6 is 0 Å². The van der Waals surface area contributed by atoms with Gasteiger partial charge in [0.25, 0.3) is 0 Å². The third kappa shape index (κ3) is 59.9. The van der Waals surface area contributed by atoms with Gasteiger partial charge in [0, 0.05) is 19.3 Å². The van der Waals surface area contributed by atoms with E-state index < -0.39 is 6.10 Å². The minimum atomic E-state index is -0.781. The van der Waals surface area contributed by atoms with E-state index in [4.69, 9.17) is 14.2 Å². The summed E-state index contributed by atoms with van der Waals surface area (Å²) in [6.07, 6.45) is 78.0. The summed E-state index contributed by atoms with van der Waals surface area (Å²) >= 11 is 0. The molecule has 0 aliphatic heterocycles. The summed E-state index contributed by atoms with van der Waals surface area (Å²) in [7, 11) is 0. The SMILES string of the molecule is CC/C=C\C/C=C\C/C=C\C/C=C\CCCCCCCCCCC(=O)OC(COC(=O)CCCCCCC/C=C\CCCCC)COC(=O)CCCCCCCCCCCCCCCCCCCCCCCC. The topological polar surface area (TPSA) is 78.9 Å². The van der Waals surface area contributed by atoms with Crippen molar-refractivity contribution in [1.29, 1.82) is 0 Å². The second-order valence-corrected chi connectivity index (χ2v) is 21.3. The Morgan fingerprint density at radius 2 is 0.534 bits per heavy atom. The molecule has 73 heavy (non-hydrogen) atoms. The number of allylic oxidation sites excluding steroid dienone is 10. The fourth-order valence-electron chi connectivity index (χ4n) is 9.25. The highest BCUT2D eigenvalue weighted by molar-refractivity contribution is 5.71. The maximum atomic E-state index is 12.9. The Bertz CT molecular complexity index is 1310. The number of hydrogen-bond acceptors (Lipinski definition) is 6. The van der Waals surface area contributed by atoms with E-state index in [1.165, 1.54) is 193 Å². The van der Waals surface area contributed by atoms with E-state index in [0.717, 1.165) is 96.3 Å². The maximum Gasteiger partial charge on any atom is 0.306 e. The van der Waals surface area contributed by atoms with Gasteiger partial charge >= 0.3 is 17.9 Å². The first kappa shape index (κ1) is 70.1. The van der Waals surface area contributed by atoms with Crippen LogP contribution in [0.15, 0.2) is 60.8 Å². The molecule has 0 bridgehead atoms. The molecule has 1 unspecified atom stereocenters. The van der Waals surface area contributed by atoms with Crippen molar-refractivity contribution in [3.8, 4) is 0 Å². The summed E-state index contributed by atoms with van der Waals surface area (Å²) in [5.41, 5.74) is 0. The monoisotopic (exact) mass is 1020 g/mol. The van der Waals surface area contributed by atoms with Crippen LogP contribution in [-0.4, -0.2) is 37.2 Å². The first-order chi connectivity index (χ1) is 36.0. The van der Waals surface area contributed by atoms with Crippen LogP contribution in [0, 0.1) is 0 Å². The van der Waals surface area contributed by atoms with Crippen molar-refractivity contribution >= 4 is 17.9 Å². The van der Waals surface area contributed by atoms with Crippen molar-refractivity contribution in [1.82, 2.24) is 0 Å². The molecule has 0 radical (unpaired) electrons. The van der Waals surface area contributed by atoms with Gasteiger partial charge in [-0.05, 0) is 83.5 Å². The van der Waals surface area contributed by atoms with E-state index in [1.54, 1.807) is 0 Å².